The van der Waals surface area contributed by atoms with Crippen LogP contribution >= 0.6 is 27.3 Å². The predicted octanol–water partition coefficient (Wildman–Crippen LogP) is 2.93. The summed E-state index contributed by atoms with van der Waals surface area (Å²) in [7, 11) is 0. The van der Waals surface area contributed by atoms with Crippen LogP contribution in [0.4, 0.5) is 0 Å². The Kier molecular flexibility index (Phi) is 3.83. The summed E-state index contributed by atoms with van der Waals surface area (Å²) in [6, 6.07) is 4.71. The van der Waals surface area contributed by atoms with Gasteiger partial charge >= 0.3 is 0 Å². The van der Waals surface area contributed by atoms with Crippen molar-refractivity contribution in [3.8, 4) is 0 Å². The van der Waals surface area contributed by atoms with Crippen molar-refractivity contribution in [2.45, 2.75) is 32.2 Å². The molecule has 1 aliphatic carbocycles. The molecule has 1 aromatic heterocycles. The largest absolute Gasteiger partial charge is 0.271 e. The van der Waals surface area contributed by atoms with E-state index in [1.54, 1.807) is 11.3 Å². The van der Waals surface area contributed by atoms with Crippen LogP contribution in [0.1, 0.15) is 24.6 Å². The first-order valence-electron chi connectivity index (χ1n) is 5.41. The third-order valence-electron chi connectivity index (χ3n) is 3.26. The number of hydrogen-bond acceptors (Lipinski definition) is 3. The molecule has 84 valence electrons. The van der Waals surface area contributed by atoms with Crippen molar-refractivity contribution < 1.29 is 0 Å². The SMILES string of the molecule is CC(C1CC1)C(Cc1ccc(Br)s1)NN. The molecule has 0 aromatic carbocycles. The van der Waals surface area contributed by atoms with E-state index in [-0.39, 0.29) is 0 Å². The van der Waals surface area contributed by atoms with Gasteiger partial charge in [-0.15, -0.1) is 11.3 Å². The molecule has 1 aromatic rings. The zero-order valence-electron chi connectivity index (χ0n) is 8.87. The summed E-state index contributed by atoms with van der Waals surface area (Å²) in [6.45, 7) is 2.31. The van der Waals surface area contributed by atoms with Gasteiger partial charge in [-0.05, 0) is 59.2 Å². The Morgan fingerprint density at radius 1 is 1.60 bits per heavy atom. The maximum atomic E-state index is 5.64. The Labute approximate surface area is 103 Å². The molecular formula is C11H17BrN2S. The average molecular weight is 289 g/mol. The van der Waals surface area contributed by atoms with E-state index in [1.165, 1.54) is 21.5 Å². The molecule has 1 fully saturated rings. The van der Waals surface area contributed by atoms with Crippen LogP contribution < -0.4 is 11.3 Å². The normalized spacial score (nSPS) is 20.2. The van der Waals surface area contributed by atoms with Crippen LogP contribution in [0.2, 0.25) is 0 Å². The maximum absolute atomic E-state index is 5.64. The Morgan fingerprint density at radius 2 is 2.33 bits per heavy atom. The van der Waals surface area contributed by atoms with E-state index in [1.807, 2.05) is 0 Å². The summed E-state index contributed by atoms with van der Waals surface area (Å²) in [5, 5.41) is 0. The van der Waals surface area contributed by atoms with Gasteiger partial charge in [-0.2, -0.15) is 0 Å². The summed E-state index contributed by atoms with van der Waals surface area (Å²) in [4.78, 5) is 1.40. The van der Waals surface area contributed by atoms with Crippen molar-refractivity contribution in [2.24, 2.45) is 17.7 Å². The summed E-state index contributed by atoms with van der Waals surface area (Å²) < 4.78 is 1.20. The number of thiophene rings is 1. The summed E-state index contributed by atoms with van der Waals surface area (Å²) >= 11 is 5.29. The topological polar surface area (TPSA) is 38.0 Å². The summed E-state index contributed by atoms with van der Waals surface area (Å²) in [6.07, 6.45) is 3.81. The quantitative estimate of drug-likeness (QED) is 0.646. The maximum Gasteiger partial charge on any atom is 0.0701 e. The highest BCUT2D eigenvalue weighted by Gasteiger charge is 2.32. The van der Waals surface area contributed by atoms with Gasteiger partial charge in [-0.25, -0.2) is 0 Å². The highest BCUT2D eigenvalue weighted by molar-refractivity contribution is 9.11. The molecular weight excluding hydrogens is 272 g/mol. The minimum absolute atomic E-state index is 0.419. The van der Waals surface area contributed by atoms with Crippen LogP contribution in [0.3, 0.4) is 0 Å². The van der Waals surface area contributed by atoms with Crippen molar-refractivity contribution in [3.63, 3.8) is 0 Å². The second-order valence-electron chi connectivity index (χ2n) is 4.38. The number of hydrazine groups is 1. The molecule has 0 bridgehead atoms. The Hall–Kier alpha value is 0.1000. The molecule has 1 saturated carbocycles. The Morgan fingerprint density at radius 3 is 2.80 bits per heavy atom. The van der Waals surface area contributed by atoms with Crippen molar-refractivity contribution in [1.82, 2.24) is 5.43 Å². The number of nitrogens with two attached hydrogens (primary N) is 1. The van der Waals surface area contributed by atoms with Gasteiger partial charge in [-0.3, -0.25) is 11.3 Å². The van der Waals surface area contributed by atoms with E-state index in [4.69, 9.17) is 5.84 Å². The fourth-order valence-electron chi connectivity index (χ4n) is 2.03. The van der Waals surface area contributed by atoms with Crippen LogP contribution in [-0.2, 0) is 6.42 Å². The molecule has 2 nitrogen and oxygen atoms in total. The lowest BCUT2D eigenvalue weighted by Crippen LogP contribution is -2.42. The van der Waals surface area contributed by atoms with Gasteiger partial charge in [-0.1, -0.05) is 6.92 Å². The number of hydrogen-bond donors (Lipinski definition) is 2. The van der Waals surface area contributed by atoms with Gasteiger partial charge in [0.25, 0.3) is 0 Å². The van der Waals surface area contributed by atoms with Gasteiger partial charge in [0.1, 0.15) is 0 Å². The van der Waals surface area contributed by atoms with Crippen LogP contribution in [0.5, 0.6) is 0 Å². The van der Waals surface area contributed by atoms with Crippen molar-refractivity contribution in [3.05, 3.63) is 20.8 Å². The molecule has 1 heterocycles. The van der Waals surface area contributed by atoms with Crippen LogP contribution in [0.25, 0.3) is 0 Å². The van der Waals surface area contributed by atoms with E-state index in [2.05, 4.69) is 40.4 Å². The second-order valence-corrected chi connectivity index (χ2v) is 6.93. The van der Waals surface area contributed by atoms with Crippen molar-refractivity contribution >= 4 is 27.3 Å². The zero-order valence-corrected chi connectivity index (χ0v) is 11.3. The monoisotopic (exact) mass is 288 g/mol. The molecule has 2 atom stereocenters. The van der Waals surface area contributed by atoms with E-state index in [0.29, 0.717) is 12.0 Å². The van der Waals surface area contributed by atoms with Crippen LogP contribution in [0, 0.1) is 11.8 Å². The fraction of sp³-hybridized carbons (Fsp3) is 0.636. The van der Waals surface area contributed by atoms with Gasteiger partial charge in [0.15, 0.2) is 0 Å². The molecule has 0 saturated heterocycles. The highest BCUT2D eigenvalue weighted by Crippen LogP contribution is 2.39. The van der Waals surface area contributed by atoms with Crippen LogP contribution in [-0.4, -0.2) is 6.04 Å². The van der Waals surface area contributed by atoms with E-state index >= 15 is 0 Å². The van der Waals surface area contributed by atoms with Gasteiger partial charge in [0, 0.05) is 10.9 Å². The average Bonchev–Trinajstić information content (AvgIpc) is 2.99. The first kappa shape index (κ1) is 11.6. The summed E-state index contributed by atoms with van der Waals surface area (Å²) in [5.74, 6) is 7.23. The molecule has 15 heavy (non-hydrogen) atoms. The zero-order chi connectivity index (χ0) is 10.8. The minimum atomic E-state index is 0.419. The lowest BCUT2D eigenvalue weighted by atomic mass is 9.94. The third-order valence-corrected chi connectivity index (χ3v) is 4.91. The minimum Gasteiger partial charge on any atom is -0.271 e. The number of nitrogens with one attached hydrogen (secondary N) is 1. The Bertz CT molecular complexity index is 322. The number of rotatable bonds is 5. The Balaban J connectivity index is 1.95. The van der Waals surface area contributed by atoms with E-state index in [0.717, 1.165) is 12.3 Å². The molecule has 4 heteroatoms. The second kappa shape index (κ2) is 4.95. The lowest BCUT2D eigenvalue weighted by Gasteiger charge is -2.22. The van der Waals surface area contributed by atoms with E-state index in [9.17, 15) is 0 Å². The fourth-order valence-corrected chi connectivity index (χ4v) is 3.57. The predicted molar refractivity (Wildman–Crippen MR) is 68.7 cm³/mol. The molecule has 0 aliphatic heterocycles. The molecule has 1 aliphatic rings. The van der Waals surface area contributed by atoms with Gasteiger partial charge < -0.3 is 0 Å². The lowest BCUT2D eigenvalue weighted by molar-refractivity contribution is 0.345. The molecule has 2 rings (SSSR count). The van der Waals surface area contributed by atoms with Crippen molar-refractivity contribution in [2.75, 3.05) is 0 Å². The smallest absolute Gasteiger partial charge is 0.0701 e. The molecule has 0 amide bonds. The summed E-state index contributed by atoms with van der Waals surface area (Å²) in [5.41, 5.74) is 2.97. The molecule has 3 N–H and O–H groups in total. The van der Waals surface area contributed by atoms with Crippen LogP contribution in [0.15, 0.2) is 15.9 Å². The highest BCUT2D eigenvalue weighted by atomic mass is 79.9. The third kappa shape index (κ3) is 3.03. The first-order valence-corrected chi connectivity index (χ1v) is 7.02. The van der Waals surface area contributed by atoms with Crippen molar-refractivity contribution in [1.29, 1.82) is 0 Å². The molecule has 0 spiro atoms. The van der Waals surface area contributed by atoms with Gasteiger partial charge in [0.2, 0.25) is 0 Å². The van der Waals surface area contributed by atoms with Gasteiger partial charge in [0.05, 0.1) is 3.79 Å². The standard InChI is InChI=1S/C11H17BrN2S/c1-7(8-2-3-8)10(14-13)6-9-4-5-11(12)15-9/h4-5,7-8,10,14H,2-3,6,13H2,1H3. The first-order chi connectivity index (χ1) is 7.20. The molecule has 2 unspecified atom stereocenters. The molecule has 0 radical (unpaired) electrons. The number of halogens is 1. The van der Waals surface area contributed by atoms with E-state index < -0.39 is 0 Å².